The van der Waals surface area contributed by atoms with E-state index in [0.717, 1.165) is 37.5 Å². The lowest BCUT2D eigenvalue weighted by Gasteiger charge is -2.11. The molecule has 45 heavy (non-hydrogen) atoms. The van der Waals surface area contributed by atoms with Crippen LogP contribution in [0.2, 0.25) is 0 Å². The summed E-state index contributed by atoms with van der Waals surface area (Å²) in [4.78, 5) is 30.0. The molecule has 6 aromatic rings. The molecule has 0 spiro atoms. The lowest BCUT2D eigenvalue weighted by Crippen LogP contribution is -2.21. The molecule has 1 aliphatic carbocycles. The maximum absolute atomic E-state index is 14.6. The summed E-state index contributed by atoms with van der Waals surface area (Å²) >= 11 is 0. The van der Waals surface area contributed by atoms with Crippen molar-refractivity contribution in [3.8, 4) is 33.9 Å². The zero-order valence-corrected chi connectivity index (χ0v) is 25.1. The van der Waals surface area contributed by atoms with Crippen molar-refractivity contribution in [1.29, 1.82) is 0 Å². The minimum Gasteiger partial charge on any atom is -0.336 e. The van der Waals surface area contributed by atoms with Gasteiger partial charge in [0.2, 0.25) is 15.9 Å². The van der Waals surface area contributed by atoms with E-state index in [1.165, 1.54) is 12.1 Å². The summed E-state index contributed by atoms with van der Waals surface area (Å²) < 4.78 is 40.2. The van der Waals surface area contributed by atoms with E-state index in [9.17, 15) is 17.6 Å². The molecule has 13 heteroatoms. The summed E-state index contributed by atoms with van der Waals surface area (Å²) in [6, 6.07) is 15.6. The molecular weight excluding hydrogens is 595 g/mol. The van der Waals surface area contributed by atoms with Crippen LogP contribution in [0.15, 0.2) is 67.0 Å². The first-order chi connectivity index (χ1) is 21.7. The maximum atomic E-state index is 14.6. The Labute approximate surface area is 257 Å². The number of halogens is 1. The van der Waals surface area contributed by atoms with Gasteiger partial charge >= 0.3 is 0 Å². The predicted molar refractivity (Wildman–Crippen MR) is 170 cm³/mol. The van der Waals surface area contributed by atoms with Crippen LogP contribution in [-0.4, -0.2) is 50.7 Å². The number of para-hydroxylation sites is 1. The Morgan fingerprint density at radius 1 is 0.978 bits per heavy atom. The number of nitrogens with zero attached hydrogens (tertiary/aromatic N) is 4. The quantitative estimate of drug-likeness (QED) is 0.173. The third-order valence-corrected chi connectivity index (χ3v) is 8.65. The number of aromatic amines is 2. The van der Waals surface area contributed by atoms with Crippen LogP contribution in [0.25, 0.3) is 56.0 Å². The van der Waals surface area contributed by atoms with Gasteiger partial charge in [-0.05, 0) is 66.4 Å². The Balaban J connectivity index is 1.22. The van der Waals surface area contributed by atoms with Crippen LogP contribution in [-0.2, 0) is 21.4 Å². The first kappa shape index (κ1) is 28.7. The Hall–Kier alpha value is -5.01. The predicted octanol–water partition coefficient (Wildman–Crippen LogP) is 5.55. The Bertz CT molecular complexity index is 2190. The molecule has 0 bridgehead atoms. The number of sulfonamides is 1. The molecule has 0 saturated heterocycles. The second kappa shape index (κ2) is 11.5. The van der Waals surface area contributed by atoms with E-state index in [1.807, 2.05) is 36.4 Å². The minimum atomic E-state index is -3.44. The van der Waals surface area contributed by atoms with Gasteiger partial charge in [-0.1, -0.05) is 25.0 Å². The van der Waals surface area contributed by atoms with Gasteiger partial charge in [0.05, 0.1) is 40.4 Å². The van der Waals surface area contributed by atoms with Crippen molar-refractivity contribution in [2.45, 2.75) is 32.2 Å². The number of imidazole rings is 1. The number of hydrogen-bond acceptors (Lipinski definition) is 7. The van der Waals surface area contributed by atoms with E-state index in [-0.39, 0.29) is 18.4 Å². The number of benzene rings is 2. The third kappa shape index (κ3) is 6.04. The highest BCUT2D eigenvalue weighted by atomic mass is 32.2. The fourth-order valence-corrected chi connectivity index (χ4v) is 6.23. The maximum Gasteiger partial charge on any atom is 0.227 e. The van der Waals surface area contributed by atoms with E-state index in [4.69, 9.17) is 9.97 Å². The van der Waals surface area contributed by atoms with Gasteiger partial charge in [0.25, 0.3) is 0 Å². The molecule has 0 aliphatic heterocycles. The fraction of sp³-hybridized carbons (Fsp3) is 0.219. The fourth-order valence-electron chi connectivity index (χ4n) is 5.81. The number of fused-ring (bicyclic) bond motifs is 2. The number of H-pyrrole nitrogens is 2. The number of anilines is 1. The number of hydrogen-bond donors (Lipinski definition) is 4. The van der Waals surface area contributed by atoms with Gasteiger partial charge in [0.15, 0.2) is 11.5 Å². The minimum absolute atomic E-state index is 0.0243. The Morgan fingerprint density at radius 3 is 2.64 bits per heavy atom. The first-order valence-corrected chi connectivity index (χ1v) is 16.4. The largest absolute Gasteiger partial charge is 0.336 e. The van der Waals surface area contributed by atoms with E-state index in [1.54, 1.807) is 18.5 Å². The molecule has 2 aromatic carbocycles. The summed E-state index contributed by atoms with van der Waals surface area (Å²) in [6.07, 6.45) is 8.37. The zero-order chi connectivity index (χ0) is 31.1. The monoisotopic (exact) mass is 624 g/mol. The van der Waals surface area contributed by atoms with Crippen LogP contribution >= 0.6 is 0 Å². The van der Waals surface area contributed by atoms with Crippen LogP contribution in [0.3, 0.4) is 0 Å². The van der Waals surface area contributed by atoms with Crippen LogP contribution in [0.5, 0.6) is 0 Å². The molecule has 0 atom stereocenters. The molecule has 1 saturated carbocycles. The second-order valence-corrected chi connectivity index (χ2v) is 13.2. The number of carbonyl (C=O) groups excluding carboxylic acids is 1. The highest BCUT2D eigenvalue weighted by Gasteiger charge is 2.23. The van der Waals surface area contributed by atoms with Gasteiger partial charge < -0.3 is 10.3 Å². The van der Waals surface area contributed by atoms with Gasteiger partial charge in [0, 0.05) is 29.8 Å². The van der Waals surface area contributed by atoms with Gasteiger partial charge in [0.1, 0.15) is 11.3 Å². The number of aromatic nitrogens is 6. The molecule has 11 nitrogen and oxygen atoms in total. The molecule has 4 heterocycles. The zero-order valence-electron chi connectivity index (χ0n) is 24.3. The first-order valence-electron chi connectivity index (χ1n) is 14.6. The summed E-state index contributed by atoms with van der Waals surface area (Å²) in [5.41, 5.74) is 6.85. The number of nitrogens with one attached hydrogen (secondary N) is 4. The molecule has 1 fully saturated rings. The smallest absolute Gasteiger partial charge is 0.227 e. The third-order valence-electron chi connectivity index (χ3n) is 7.98. The van der Waals surface area contributed by atoms with Gasteiger partial charge in [-0.2, -0.15) is 5.10 Å². The number of pyridine rings is 2. The highest BCUT2D eigenvalue weighted by Crippen LogP contribution is 2.33. The van der Waals surface area contributed by atoms with E-state index in [0.29, 0.717) is 61.7 Å². The topological polar surface area (TPSA) is 158 Å². The highest BCUT2D eigenvalue weighted by molar-refractivity contribution is 7.88. The normalized spacial score (nSPS) is 14.0. The molecule has 0 unspecified atom stereocenters. The van der Waals surface area contributed by atoms with Crippen LogP contribution < -0.4 is 10.0 Å². The van der Waals surface area contributed by atoms with Crippen molar-refractivity contribution in [3.63, 3.8) is 0 Å². The average molecular weight is 625 g/mol. The summed E-state index contributed by atoms with van der Waals surface area (Å²) in [6.45, 7) is -0.0377. The van der Waals surface area contributed by atoms with Crippen molar-refractivity contribution in [2.75, 3.05) is 11.6 Å². The molecule has 0 radical (unpaired) electrons. The van der Waals surface area contributed by atoms with Crippen molar-refractivity contribution in [3.05, 3.63) is 78.4 Å². The van der Waals surface area contributed by atoms with Crippen molar-refractivity contribution < 1.29 is 17.6 Å². The van der Waals surface area contributed by atoms with Gasteiger partial charge in [-0.15, -0.1) is 0 Å². The van der Waals surface area contributed by atoms with Crippen molar-refractivity contribution in [1.82, 2.24) is 34.9 Å². The molecule has 4 N–H and O–H groups in total. The van der Waals surface area contributed by atoms with Gasteiger partial charge in [-0.3, -0.25) is 14.9 Å². The van der Waals surface area contributed by atoms with Crippen molar-refractivity contribution in [2.24, 2.45) is 5.92 Å². The summed E-state index contributed by atoms with van der Waals surface area (Å²) in [5.74, 6) is 0.0498. The molecule has 1 amide bonds. The molecule has 4 aromatic heterocycles. The standard InChI is InChI=1S/C32H29FN8O3S/c1-45(43,44)35-15-18-11-20(13-22(33)12-18)24-7-4-8-26-28(24)39-31(38-26)30-29-27(40-41-30)10-9-25(37-29)21-14-23(17-34-16-21)36-32(42)19-5-2-3-6-19/h4,7-14,16-17,19,35H,2-3,5-6,15H2,1H3,(H,36,42)(H,38,39)(H,40,41). The molecule has 1 aliphatic rings. The number of rotatable bonds is 8. The summed E-state index contributed by atoms with van der Waals surface area (Å²) in [7, 11) is -3.44. The molecular formula is C32H29FN8O3S. The lowest BCUT2D eigenvalue weighted by molar-refractivity contribution is -0.119. The second-order valence-electron chi connectivity index (χ2n) is 11.3. The molecule has 7 rings (SSSR count). The Morgan fingerprint density at radius 2 is 1.82 bits per heavy atom. The lowest BCUT2D eigenvalue weighted by atomic mass is 10.0. The number of carbonyl (C=O) groups is 1. The van der Waals surface area contributed by atoms with Crippen LogP contribution in [0.1, 0.15) is 31.2 Å². The summed E-state index contributed by atoms with van der Waals surface area (Å²) in [5, 5.41) is 10.5. The van der Waals surface area contributed by atoms with Crippen LogP contribution in [0, 0.1) is 11.7 Å². The van der Waals surface area contributed by atoms with Gasteiger partial charge in [-0.25, -0.2) is 27.5 Å². The Kier molecular flexibility index (Phi) is 7.34. The van der Waals surface area contributed by atoms with E-state index < -0.39 is 15.8 Å². The van der Waals surface area contributed by atoms with E-state index in [2.05, 4.69) is 30.2 Å². The average Bonchev–Trinajstić information content (AvgIpc) is 3.79. The number of amides is 1. The van der Waals surface area contributed by atoms with Crippen LogP contribution in [0.4, 0.5) is 10.1 Å². The SMILES string of the molecule is CS(=O)(=O)NCc1cc(F)cc(-c2cccc3[nH]c(-c4n[nH]c5ccc(-c6cncc(NC(=O)C7CCCC7)c6)nc45)nc23)c1. The molecule has 228 valence electrons. The van der Waals surface area contributed by atoms with Crippen molar-refractivity contribution >= 4 is 43.7 Å². The van der Waals surface area contributed by atoms with E-state index >= 15 is 0 Å².